The van der Waals surface area contributed by atoms with E-state index in [0.29, 0.717) is 23.5 Å². The van der Waals surface area contributed by atoms with E-state index in [1.807, 2.05) is 13.8 Å². The van der Waals surface area contributed by atoms with Crippen LogP contribution < -0.4 is 0 Å². The Bertz CT molecular complexity index is 481. The van der Waals surface area contributed by atoms with Crippen LogP contribution in [0.2, 0.25) is 0 Å². The van der Waals surface area contributed by atoms with Gasteiger partial charge in [-0.15, -0.1) is 0 Å². The summed E-state index contributed by atoms with van der Waals surface area (Å²) in [5.74, 6) is -0.403. The van der Waals surface area contributed by atoms with Crippen LogP contribution in [0.1, 0.15) is 20.8 Å². The van der Waals surface area contributed by atoms with Gasteiger partial charge in [0.05, 0.1) is 6.61 Å². The Kier molecular flexibility index (Phi) is 3.43. The lowest BCUT2D eigenvalue weighted by atomic mass is 9.90. The predicted octanol–water partition coefficient (Wildman–Crippen LogP) is 1.40. The summed E-state index contributed by atoms with van der Waals surface area (Å²) in [6.45, 7) is 6.01. The number of epoxide rings is 1. The molecule has 0 aromatic rings. The highest BCUT2D eigenvalue weighted by Crippen LogP contribution is 2.19. The van der Waals surface area contributed by atoms with Crippen molar-refractivity contribution in [3.63, 3.8) is 0 Å². The molecule has 0 aromatic carbocycles. The first kappa shape index (κ1) is 12.7. The quantitative estimate of drug-likeness (QED) is 0.328. The second-order valence-corrected chi connectivity index (χ2v) is 4.65. The first-order valence-corrected chi connectivity index (χ1v) is 5.84. The Hall–Kier alpha value is -1.75. The molecule has 1 fully saturated rings. The van der Waals surface area contributed by atoms with Gasteiger partial charge >= 0.3 is 5.97 Å². The second kappa shape index (κ2) is 4.86. The van der Waals surface area contributed by atoms with Crippen LogP contribution >= 0.6 is 0 Å². The summed E-state index contributed by atoms with van der Waals surface area (Å²) in [6.07, 6.45) is 2.70. The highest BCUT2D eigenvalue weighted by Gasteiger charge is 2.33. The highest BCUT2D eigenvalue weighted by molar-refractivity contribution is 6.21. The zero-order chi connectivity index (χ0) is 13.3. The van der Waals surface area contributed by atoms with Gasteiger partial charge in [0.1, 0.15) is 5.71 Å². The van der Waals surface area contributed by atoms with Crippen molar-refractivity contribution >= 4 is 17.5 Å². The van der Waals surface area contributed by atoms with Gasteiger partial charge in [-0.1, -0.05) is 19.0 Å². The van der Waals surface area contributed by atoms with Gasteiger partial charge in [-0.3, -0.25) is 4.79 Å². The monoisotopic (exact) mass is 249 g/mol. The standard InChI is InChI=1S/C13H15NO4/c1-7(2)9-5-10(8(3)4-11(9)15)14-18-13(16)12-6-17-12/h4-5,7,12H,6H2,1-3H3/b14-10+. The lowest BCUT2D eigenvalue weighted by molar-refractivity contribution is -0.145. The molecule has 2 aliphatic rings. The number of allylic oxidation sites excluding steroid dienone is 4. The lowest BCUT2D eigenvalue weighted by Gasteiger charge is -2.14. The first-order valence-electron chi connectivity index (χ1n) is 5.84. The van der Waals surface area contributed by atoms with Crippen LogP contribution in [-0.4, -0.2) is 30.2 Å². The van der Waals surface area contributed by atoms with E-state index in [1.165, 1.54) is 6.08 Å². The van der Waals surface area contributed by atoms with Crippen LogP contribution in [0.25, 0.3) is 0 Å². The molecular formula is C13H15NO4. The third-order valence-corrected chi connectivity index (χ3v) is 2.78. The number of ether oxygens (including phenoxy) is 1. The molecule has 1 unspecified atom stereocenters. The van der Waals surface area contributed by atoms with Gasteiger partial charge in [-0.05, 0) is 30.6 Å². The van der Waals surface area contributed by atoms with Crippen molar-refractivity contribution in [3.8, 4) is 0 Å². The maximum Gasteiger partial charge on any atom is 0.365 e. The van der Waals surface area contributed by atoms with Crippen LogP contribution in [-0.2, 0) is 19.2 Å². The predicted molar refractivity (Wildman–Crippen MR) is 65.0 cm³/mol. The summed E-state index contributed by atoms with van der Waals surface area (Å²) < 4.78 is 4.79. The van der Waals surface area contributed by atoms with Gasteiger partial charge < -0.3 is 9.57 Å². The molecular weight excluding hydrogens is 234 g/mol. The van der Waals surface area contributed by atoms with E-state index in [4.69, 9.17) is 9.57 Å². The molecule has 96 valence electrons. The molecule has 5 heteroatoms. The Morgan fingerprint density at radius 2 is 2.17 bits per heavy atom. The molecule has 5 nitrogen and oxygen atoms in total. The average molecular weight is 249 g/mol. The maximum atomic E-state index is 11.7. The van der Waals surface area contributed by atoms with Crippen LogP contribution in [0.4, 0.5) is 0 Å². The summed E-state index contributed by atoms with van der Waals surface area (Å²) in [7, 11) is 0. The van der Waals surface area contributed by atoms with Crippen LogP contribution in [0.15, 0.2) is 28.5 Å². The fourth-order valence-corrected chi connectivity index (χ4v) is 1.57. The van der Waals surface area contributed by atoms with Gasteiger partial charge in [0, 0.05) is 5.57 Å². The van der Waals surface area contributed by atoms with Crippen molar-refractivity contribution in [2.24, 2.45) is 11.1 Å². The summed E-state index contributed by atoms with van der Waals surface area (Å²) in [5, 5.41) is 3.78. The molecule has 1 saturated heterocycles. The van der Waals surface area contributed by atoms with Crippen molar-refractivity contribution in [2.45, 2.75) is 26.9 Å². The molecule has 1 aliphatic carbocycles. The summed E-state index contributed by atoms with van der Waals surface area (Å²) >= 11 is 0. The van der Waals surface area contributed by atoms with Crippen LogP contribution in [0.3, 0.4) is 0 Å². The zero-order valence-electron chi connectivity index (χ0n) is 10.6. The minimum Gasteiger partial charge on any atom is -0.361 e. The number of nitrogens with zero attached hydrogens (tertiary/aromatic N) is 1. The molecule has 18 heavy (non-hydrogen) atoms. The minimum atomic E-state index is -0.494. The molecule has 0 bridgehead atoms. The number of hydrogen-bond acceptors (Lipinski definition) is 5. The number of hydrogen-bond donors (Lipinski definition) is 0. The molecule has 0 N–H and O–H groups in total. The number of rotatable bonds is 3. The first-order chi connectivity index (χ1) is 8.49. The second-order valence-electron chi connectivity index (χ2n) is 4.65. The molecule has 1 aliphatic heterocycles. The number of carbonyl (C=O) groups excluding carboxylic acids is 2. The molecule has 1 heterocycles. The Labute approximate surface area is 105 Å². The fraction of sp³-hybridized carbons (Fsp3) is 0.462. The SMILES string of the molecule is CC1=CC(=O)C(C(C)C)=C/C1=N\OC(=O)C1CO1. The molecule has 0 aromatic heterocycles. The van der Waals surface area contributed by atoms with Crippen molar-refractivity contribution in [1.82, 2.24) is 0 Å². The Morgan fingerprint density at radius 1 is 1.50 bits per heavy atom. The molecule has 0 amide bonds. The Morgan fingerprint density at radius 3 is 2.72 bits per heavy atom. The third-order valence-electron chi connectivity index (χ3n) is 2.78. The molecule has 0 saturated carbocycles. The van der Waals surface area contributed by atoms with Crippen molar-refractivity contribution in [1.29, 1.82) is 0 Å². The van der Waals surface area contributed by atoms with E-state index in [9.17, 15) is 9.59 Å². The van der Waals surface area contributed by atoms with Gasteiger partial charge in [-0.25, -0.2) is 4.79 Å². The fourth-order valence-electron chi connectivity index (χ4n) is 1.57. The average Bonchev–Trinajstić information content (AvgIpc) is 3.10. The molecule has 0 radical (unpaired) electrons. The number of carbonyl (C=O) groups is 2. The minimum absolute atomic E-state index is 0.0155. The van der Waals surface area contributed by atoms with Crippen LogP contribution in [0.5, 0.6) is 0 Å². The van der Waals surface area contributed by atoms with Crippen LogP contribution in [0, 0.1) is 5.92 Å². The van der Waals surface area contributed by atoms with Crippen molar-refractivity contribution in [2.75, 3.05) is 6.61 Å². The summed E-state index contributed by atoms with van der Waals surface area (Å²) in [6, 6.07) is 0. The van der Waals surface area contributed by atoms with Gasteiger partial charge in [0.15, 0.2) is 11.9 Å². The normalized spacial score (nSPS) is 25.0. The van der Waals surface area contributed by atoms with Crippen molar-refractivity contribution in [3.05, 3.63) is 23.3 Å². The maximum absolute atomic E-state index is 11.7. The Balaban J connectivity index is 2.14. The zero-order valence-corrected chi connectivity index (χ0v) is 10.6. The molecule has 1 atom stereocenters. The number of oxime groups is 1. The van der Waals surface area contributed by atoms with Gasteiger partial charge in [-0.2, -0.15) is 0 Å². The number of ketones is 1. The van der Waals surface area contributed by atoms with Crippen molar-refractivity contribution < 1.29 is 19.2 Å². The molecule has 0 spiro atoms. The van der Waals surface area contributed by atoms with Gasteiger partial charge in [0.2, 0.25) is 0 Å². The molecule has 2 rings (SSSR count). The topological polar surface area (TPSA) is 68.3 Å². The summed E-state index contributed by atoms with van der Waals surface area (Å²) in [5.41, 5.74) is 1.86. The van der Waals surface area contributed by atoms with E-state index >= 15 is 0 Å². The van der Waals surface area contributed by atoms with E-state index in [2.05, 4.69) is 5.16 Å². The third kappa shape index (κ3) is 2.73. The van der Waals surface area contributed by atoms with E-state index < -0.39 is 12.1 Å². The van der Waals surface area contributed by atoms with E-state index in [1.54, 1.807) is 13.0 Å². The lowest BCUT2D eigenvalue weighted by Crippen LogP contribution is -2.17. The highest BCUT2D eigenvalue weighted by atomic mass is 16.7. The largest absolute Gasteiger partial charge is 0.365 e. The van der Waals surface area contributed by atoms with Gasteiger partial charge in [0.25, 0.3) is 0 Å². The van der Waals surface area contributed by atoms with E-state index in [0.717, 1.165) is 0 Å². The van der Waals surface area contributed by atoms with E-state index in [-0.39, 0.29) is 11.7 Å². The summed E-state index contributed by atoms with van der Waals surface area (Å²) in [4.78, 5) is 27.8. The smallest absolute Gasteiger partial charge is 0.361 e.